The van der Waals surface area contributed by atoms with Crippen molar-refractivity contribution in [1.29, 1.82) is 0 Å². The van der Waals surface area contributed by atoms with E-state index in [1.54, 1.807) is 12.3 Å². The van der Waals surface area contributed by atoms with Gasteiger partial charge < -0.3 is 9.64 Å². The van der Waals surface area contributed by atoms with Gasteiger partial charge >= 0.3 is 0 Å². The molecule has 1 unspecified atom stereocenters. The van der Waals surface area contributed by atoms with Gasteiger partial charge in [-0.05, 0) is 18.9 Å². The van der Waals surface area contributed by atoms with Crippen LogP contribution >= 0.6 is 0 Å². The van der Waals surface area contributed by atoms with Crippen LogP contribution < -0.4 is 4.74 Å². The van der Waals surface area contributed by atoms with Crippen molar-refractivity contribution >= 4 is 5.91 Å². The van der Waals surface area contributed by atoms with Gasteiger partial charge in [0, 0.05) is 38.2 Å². The summed E-state index contributed by atoms with van der Waals surface area (Å²) in [5, 5.41) is 0. The van der Waals surface area contributed by atoms with Gasteiger partial charge in [-0.15, -0.1) is 0 Å². The number of likely N-dealkylation sites (tertiary alicyclic amines) is 1. The summed E-state index contributed by atoms with van der Waals surface area (Å²) in [5.74, 6) is 1.50. The first-order chi connectivity index (χ1) is 12.2. The van der Waals surface area contributed by atoms with Crippen LogP contribution in [0.2, 0.25) is 0 Å². The van der Waals surface area contributed by atoms with Gasteiger partial charge in [0.2, 0.25) is 11.8 Å². The zero-order chi connectivity index (χ0) is 17.6. The van der Waals surface area contributed by atoms with Gasteiger partial charge in [0.15, 0.2) is 0 Å². The third-order valence-electron chi connectivity index (χ3n) is 4.70. The Kier molecular flexibility index (Phi) is 5.64. The van der Waals surface area contributed by atoms with Gasteiger partial charge in [0.25, 0.3) is 0 Å². The number of hydrogen-bond donors (Lipinski definition) is 0. The van der Waals surface area contributed by atoms with Gasteiger partial charge in [0.1, 0.15) is 11.9 Å². The summed E-state index contributed by atoms with van der Waals surface area (Å²) in [5.41, 5.74) is 1.10. The van der Waals surface area contributed by atoms with Gasteiger partial charge in [-0.2, -0.15) is 4.98 Å². The predicted molar refractivity (Wildman–Crippen MR) is 96.5 cm³/mol. The molecular weight excluding hydrogens is 314 g/mol. The molecule has 5 nitrogen and oxygen atoms in total. The fraction of sp³-hybridized carbons (Fsp3) is 0.450. The molecule has 1 aliphatic rings. The van der Waals surface area contributed by atoms with Crippen LogP contribution in [0, 0.1) is 6.92 Å². The molecule has 0 spiro atoms. The van der Waals surface area contributed by atoms with Crippen LogP contribution in [-0.2, 0) is 4.79 Å². The SMILES string of the molecule is CCC(C(=O)N1CCC(Oc2ccnc(C)n2)CC1)c1ccccc1. The predicted octanol–water partition coefficient (Wildman–Crippen LogP) is 3.35. The molecule has 1 fully saturated rings. The Hall–Kier alpha value is -2.43. The summed E-state index contributed by atoms with van der Waals surface area (Å²) in [6, 6.07) is 11.8. The number of benzene rings is 1. The maximum Gasteiger partial charge on any atom is 0.230 e. The lowest BCUT2D eigenvalue weighted by Gasteiger charge is -2.34. The molecule has 0 saturated carbocycles. The van der Waals surface area contributed by atoms with Crippen LogP contribution in [-0.4, -0.2) is 40.0 Å². The quantitative estimate of drug-likeness (QED) is 0.838. The molecule has 1 aromatic heterocycles. The standard InChI is InChI=1S/C20H25N3O2/c1-3-18(16-7-5-4-6-8-16)20(24)23-13-10-17(11-14-23)25-19-9-12-21-15(2)22-19/h4-9,12,17-18H,3,10-11,13-14H2,1-2H3. The lowest BCUT2D eigenvalue weighted by Crippen LogP contribution is -2.43. The van der Waals surface area contributed by atoms with Crippen molar-refractivity contribution in [2.24, 2.45) is 0 Å². The van der Waals surface area contributed by atoms with E-state index in [9.17, 15) is 4.79 Å². The van der Waals surface area contributed by atoms with E-state index in [-0.39, 0.29) is 17.9 Å². The van der Waals surface area contributed by atoms with E-state index in [1.807, 2.05) is 42.2 Å². The van der Waals surface area contributed by atoms with Crippen molar-refractivity contribution in [3.05, 3.63) is 54.0 Å². The van der Waals surface area contributed by atoms with E-state index in [0.29, 0.717) is 11.7 Å². The van der Waals surface area contributed by atoms with Crippen LogP contribution in [0.15, 0.2) is 42.6 Å². The van der Waals surface area contributed by atoms with Crippen LogP contribution in [0.3, 0.4) is 0 Å². The maximum atomic E-state index is 12.9. The Bertz CT molecular complexity index is 697. The molecule has 0 N–H and O–H groups in total. The Labute approximate surface area is 149 Å². The molecule has 2 aromatic rings. The molecule has 1 amide bonds. The summed E-state index contributed by atoms with van der Waals surface area (Å²) in [6.45, 7) is 5.39. The molecule has 2 heterocycles. The third kappa shape index (κ3) is 4.35. The van der Waals surface area contributed by atoms with E-state index >= 15 is 0 Å². The highest BCUT2D eigenvalue weighted by molar-refractivity contribution is 5.83. The van der Waals surface area contributed by atoms with E-state index in [2.05, 4.69) is 16.9 Å². The van der Waals surface area contributed by atoms with Crippen molar-refractivity contribution in [3.8, 4) is 5.88 Å². The van der Waals surface area contributed by atoms with E-state index in [4.69, 9.17) is 4.74 Å². The highest BCUT2D eigenvalue weighted by Crippen LogP contribution is 2.25. The summed E-state index contributed by atoms with van der Waals surface area (Å²) in [7, 11) is 0. The van der Waals surface area contributed by atoms with E-state index in [1.165, 1.54) is 0 Å². The second-order valence-electron chi connectivity index (χ2n) is 6.46. The fourth-order valence-electron chi connectivity index (χ4n) is 3.32. The Morgan fingerprint density at radius 1 is 1.24 bits per heavy atom. The molecule has 1 atom stereocenters. The number of aryl methyl sites for hydroxylation is 1. The first kappa shape index (κ1) is 17.4. The number of hydrogen-bond acceptors (Lipinski definition) is 4. The molecule has 3 rings (SSSR count). The van der Waals surface area contributed by atoms with Crippen molar-refractivity contribution in [1.82, 2.24) is 14.9 Å². The maximum absolute atomic E-state index is 12.9. The molecular formula is C20H25N3O2. The number of carbonyl (C=O) groups excluding carboxylic acids is 1. The van der Waals surface area contributed by atoms with Gasteiger partial charge in [-0.1, -0.05) is 37.3 Å². The van der Waals surface area contributed by atoms with E-state index < -0.39 is 0 Å². The van der Waals surface area contributed by atoms with Gasteiger partial charge in [0.05, 0.1) is 5.92 Å². The topological polar surface area (TPSA) is 55.3 Å². The summed E-state index contributed by atoms with van der Waals surface area (Å²) < 4.78 is 5.95. The Morgan fingerprint density at radius 2 is 1.96 bits per heavy atom. The Morgan fingerprint density at radius 3 is 2.60 bits per heavy atom. The summed E-state index contributed by atoms with van der Waals surface area (Å²) in [6.07, 6.45) is 4.30. The molecule has 0 aliphatic carbocycles. The largest absolute Gasteiger partial charge is 0.474 e. The van der Waals surface area contributed by atoms with Crippen LogP contribution in [0.25, 0.3) is 0 Å². The average Bonchev–Trinajstić information content (AvgIpc) is 2.64. The Balaban J connectivity index is 1.57. The first-order valence-electron chi connectivity index (χ1n) is 8.97. The molecule has 1 saturated heterocycles. The van der Waals surface area contributed by atoms with Gasteiger partial charge in [-0.25, -0.2) is 4.98 Å². The second kappa shape index (κ2) is 8.10. The van der Waals surface area contributed by atoms with Crippen molar-refractivity contribution in [3.63, 3.8) is 0 Å². The number of carbonyl (C=O) groups is 1. The van der Waals surface area contributed by atoms with Gasteiger partial charge in [-0.3, -0.25) is 4.79 Å². The van der Waals surface area contributed by atoms with E-state index in [0.717, 1.165) is 37.9 Å². The van der Waals surface area contributed by atoms with Crippen molar-refractivity contribution < 1.29 is 9.53 Å². The highest BCUT2D eigenvalue weighted by atomic mass is 16.5. The minimum Gasteiger partial charge on any atom is -0.474 e. The van der Waals surface area contributed by atoms with Crippen LogP contribution in [0.5, 0.6) is 5.88 Å². The molecule has 0 bridgehead atoms. The van der Waals surface area contributed by atoms with Crippen molar-refractivity contribution in [2.45, 2.75) is 45.1 Å². The number of piperidine rings is 1. The van der Waals surface area contributed by atoms with Crippen molar-refractivity contribution in [2.75, 3.05) is 13.1 Å². The molecule has 1 aromatic carbocycles. The third-order valence-corrected chi connectivity index (χ3v) is 4.70. The number of aromatic nitrogens is 2. The lowest BCUT2D eigenvalue weighted by atomic mass is 9.94. The highest BCUT2D eigenvalue weighted by Gasteiger charge is 2.29. The number of rotatable bonds is 5. The first-order valence-corrected chi connectivity index (χ1v) is 8.97. The smallest absolute Gasteiger partial charge is 0.230 e. The zero-order valence-corrected chi connectivity index (χ0v) is 14.9. The van der Waals surface area contributed by atoms with Crippen LogP contribution in [0.4, 0.5) is 0 Å². The lowest BCUT2D eigenvalue weighted by molar-refractivity contribution is -0.134. The molecule has 132 valence electrons. The average molecular weight is 339 g/mol. The number of nitrogens with zero attached hydrogens (tertiary/aromatic N) is 3. The van der Waals surface area contributed by atoms with Crippen LogP contribution in [0.1, 0.15) is 43.5 Å². The minimum absolute atomic E-state index is 0.0526. The molecule has 0 radical (unpaired) electrons. The molecule has 25 heavy (non-hydrogen) atoms. The number of amides is 1. The molecule has 1 aliphatic heterocycles. The second-order valence-corrected chi connectivity index (χ2v) is 6.46. The molecule has 5 heteroatoms. The monoisotopic (exact) mass is 339 g/mol. The fourth-order valence-corrected chi connectivity index (χ4v) is 3.32. The number of ether oxygens (including phenoxy) is 1. The summed E-state index contributed by atoms with van der Waals surface area (Å²) in [4.78, 5) is 23.3. The zero-order valence-electron chi connectivity index (χ0n) is 14.9. The minimum atomic E-state index is -0.0526. The summed E-state index contributed by atoms with van der Waals surface area (Å²) >= 11 is 0. The normalized spacial score (nSPS) is 16.5.